The topological polar surface area (TPSA) is 104 Å². The van der Waals surface area contributed by atoms with Crippen LogP contribution in [0, 0.1) is 0 Å². The van der Waals surface area contributed by atoms with Gasteiger partial charge in [0, 0.05) is 10.0 Å². The van der Waals surface area contributed by atoms with E-state index in [9.17, 15) is 9.59 Å². The molecule has 32 heavy (non-hydrogen) atoms. The molecule has 0 spiro atoms. The van der Waals surface area contributed by atoms with Gasteiger partial charge in [0.1, 0.15) is 6.54 Å². The van der Waals surface area contributed by atoms with Crippen molar-refractivity contribution in [3.63, 3.8) is 0 Å². The lowest BCUT2D eigenvalue weighted by Gasteiger charge is -2.19. The van der Waals surface area contributed by atoms with Crippen molar-refractivity contribution in [3.05, 3.63) is 64.5 Å². The van der Waals surface area contributed by atoms with Crippen molar-refractivity contribution in [1.29, 1.82) is 0 Å². The van der Waals surface area contributed by atoms with Crippen LogP contribution in [0.3, 0.4) is 0 Å². The summed E-state index contributed by atoms with van der Waals surface area (Å²) in [5.74, 6) is 0.317. The summed E-state index contributed by atoms with van der Waals surface area (Å²) in [6, 6.07) is 13.2. The molecule has 0 N–H and O–H groups in total. The lowest BCUT2D eigenvalue weighted by atomic mass is 10.0. The molecule has 2 amide bonds. The largest absolute Gasteiger partial charge is 0.337 e. The summed E-state index contributed by atoms with van der Waals surface area (Å²) in [5, 5.41) is 13.5. The summed E-state index contributed by atoms with van der Waals surface area (Å²) in [6.07, 6.45) is 0. The predicted molar refractivity (Wildman–Crippen MR) is 118 cm³/mol. The third-order valence-electron chi connectivity index (χ3n) is 5.54. The number of amides is 2. The van der Waals surface area contributed by atoms with E-state index >= 15 is 0 Å². The number of halogens is 1. The van der Waals surface area contributed by atoms with Gasteiger partial charge in [-0.3, -0.25) is 14.6 Å². The normalized spacial score (nSPS) is 20.0. The summed E-state index contributed by atoms with van der Waals surface area (Å²) in [5.41, 5.74) is 2.46. The number of anilines is 1. The summed E-state index contributed by atoms with van der Waals surface area (Å²) in [6.45, 7) is 4.25. The Labute approximate surface area is 192 Å². The van der Waals surface area contributed by atoms with Gasteiger partial charge in [-0.25, -0.2) is 4.90 Å². The molecule has 0 radical (unpaired) electrons. The monoisotopic (exact) mass is 494 g/mol. The molecule has 3 heterocycles. The first-order chi connectivity index (χ1) is 15.4. The lowest BCUT2D eigenvalue weighted by Crippen LogP contribution is -2.39. The van der Waals surface area contributed by atoms with Crippen LogP contribution in [0.4, 0.5) is 5.69 Å². The summed E-state index contributed by atoms with van der Waals surface area (Å²) >= 11 is 3.39. The van der Waals surface area contributed by atoms with Crippen molar-refractivity contribution >= 4 is 33.4 Å². The standard InChI is InChI=1S/C22H19BrN6O3/c1-12(2)13-5-9-16(10-6-13)29-21(30)18-19(22(29)31)28(27-25-18)11-17-24-20(26-32-17)14-3-7-15(23)8-4-14/h3-10,12,18-19H,11H2,1-2H3. The third-order valence-corrected chi connectivity index (χ3v) is 6.07. The fraction of sp³-hybridized carbons (Fsp3) is 0.273. The molecule has 3 aromatic rings. The summed E-state index contributed by atoms with van der Waals surface area (Å²) in [7, 11) is 0. The average molecular weight is 495 g/mol. The van der Waals surface area contributed by atoms with Crippen molar-refractivity contribution in [2.24, 2.45) is 10.3 Å². The Bertz CT molecular complexity index is 1210. The number of benzene rings is 2. The second kappa shape index (κ2) is 7.94. The van der Waals surface area contributed by atoms with Gasteiger partial charge in [-0.1, -0.05) is 52.3 Å². The number of fused-ring (bicyclic) bond motifs is 1. The quantitative estimate of drug-likeness (QED) is 0.494. The molecular weight excluding hydrogens is 476 g/mol. The number of carbonyl (C=O) groups is 2. The molecule has 2 aliphatic rings. The van der Waals surface area contributed by atoms with Crippen LogP contribution in [0.15, 0.2) is 67.9 Å². The number of imide groups is 1. The summed E-state index contributed by atoms with van der Waals surface area (Å²) < 4.78 is 6.29. The van der Waals surface area contributed by atoms with E-state index < -0.39 is 12.1 Å². The van der Waals surface area contributed by atoms with Crippen molar-refractivity contribution in [2.75, 3.05) is 4.90 Å². The van der Waals surface area contributed by atoms with Crippen LogP contribution in [0.2, 0.25) is 0 Å². The Morgan fingerprint density at radius 1 is 1.03 bits per heavy atom. The van der Waals surface area contributed by atoms with Gasteiger partial charge in [0.25, 0.3) is 11.8 Å². The molecule has 9 nitrogen and oxygen atoms in total. The van der Waals surface area contributed by atoms with Crippen LogP contribution in [0.1, 0.15) is 31.2 Å². The van der Waals surface area contributed by atoms with Crippen molar-refractivity contribution < 1.29 is 14.1 Å². The highest BCUT2D eigenvalue weighted by atomic mass is 79.9. The predicted octanol–water partition coefficient (Wildman–Crippen LogP) is 4.12. The van der Waals surface area contributed by atoms with Gasteiger partial charge in [-0.15, -0.1) is 0 Å². The number of nitrogens with zero attached hydrogens (tertiary/aromatic N) is 6. The molecule has 0 bridgehead atoms. The average Bonchev–Trinajstić information content (AvgIpc) is 3.47. The van der Waals surface area contributed by atoms with E-state index in [-0.39, 0.29) is 24.2 Å². The number of hydrogen-bond donors (Lipinski definition) is 0. The molecule has 1 aromatic heterocycles. The van der Waals surface area contributed by atoms with Gasteiger partial charge >= 0.3 is 0 Å². The smallest absolute Gasteiger partial charge is 0.263 e. The van der Waals surface area contributed by atoms with Crippen LogP contribution in [0.25, 0.3) is 11.4 Å². The molecule has 1 fully saturated rings. The van der Waals surface area contributed by atoms with Crippen LogP contribution in [-0.2, 0) is 16.1 Å². The first kappa shape index (κ1) is 20.5. The highest BCUT2D eigenvalue weighted by Gasteiger charge is 2.55. The number of hydrogen-bond acceptors (Lipinski definition) is 8. The minimum atomic E-state index is -0.874. The third kappa shape index (κ3) is 3.50. The SMILES string of the molecule is CC(C)c1ccc(N2C(=O)C3N=NN(Cc4nc(-c5ccc(Br)cc5)no4)C3C2=O)cc1. The van der Waals surface area contributed by atoms with Crippen LogP contribution in [-0.4, -0.2) is 39.0 Å². The van der Waals surface area contributed by atoms with Gasteiger partial charge in [-0.2, -0.15) is 10.1 Å². The van der Waals surface area contributed by atoms with E-state index in [1.54, 1.807) is 12.1 Å². The molecule has 10 heteroatoms. The van der Waals surface area contributed by atoms with Gasteiger partial charge in [-0.05, 0) is 47.9 Å². The van der Waals surface area contributed by atoms with E-state index in [1.807, 2.05) is 36.4 Å². The zero-order valence-corrected chi connectivity index (χ0v) is 18.9. The highest BCUT2D eigenvalue weighted by molar-refractivity contribution is 9.10. The number of carbonyl (C=O) groups excluding carboxylic acids is 2. The Morgan fingerprint density at radius 2 is 1.75 bits per heavy atom. The zero-order valence-electron chi connectivity index (χ0n) is 17.3. The molecule has 5 rings (SSSR count). The van der Waals surface area contributed by atoms with Gasteiger partial charge < -0.3 is 4.52 Å². The second-order valence-electron chi connectivity index (χ2n) is 7.97. The Hall–Kier alpha value is -3.40. The Kier molecular flexibility index (Phi) is 5.09. The fourth-order valence-corrected chi connectivity index (χ4v) is 4.05. The molecule has 2 aliphatic heterocycles. The summed E-state index contributed by atoms with van der Waals surface area (Å²) in [4.78, 5) is 31.6. The molecule has 162 valence electrons. The van der Waals surface area contributed by atoms with Crippen LogP contribution in [0.5, 0.6) is 0 Å². The van der Waals surface area contributed by atoms with Gasteiger partial charge in [0.2, 0.25) is 11.7 Å². The maximum Gasteiger partial charge on any atom is 0.263 e. The molecule has 2 aromatic carbocycles. The van der Waals surface area contributed by atoms with Crippen molar-refractivity contribution in [3.8, 4) is 11.4 Å². The first-order valence-corrected chi connectivity index (χ1v) is 11.0. The molecule has 0 saturated carbocycles. The van der Waals surface area contributed by atoms with E-state index in [0.29, 0.717) is 17.4 Å². The lowest BCUT2D eigenvalue weighted by molar-refractivity contribution is -0.123. The van der Waals surface area contributed by atoms with E-state index in [1.165, 1.54) is 9.91 Å². The first-order valence-electron chi connectivity index (χ1n) is 10.2. The Morgan fingerprint density at radius 3 is 2.44 bits per heavy atom. The number of aromatic nitrogens is 2. The van der Waals surface area contributed by atoms with Crippen molar-refractivity contribution in [1.82, 2.24) is 15.1 Å². The zero-order chi connectivity index (χ0) is 22.4. The molecule has 2 unspecified atom stereocenters. The van der Waals surface area contributed by atoms with E-state index in [0.717, 1.165) is 15.6 Å². The van der Waals surface area contributed by atoms with Crippen LogP contribution < -0.4 is 4.90 Å². The minimum Gasteiger partial charge on any atom is -0.337 e. The molecular formula is C22H19BrN6O3. The highest BCUT2D eigenvalue weighted by Crippen LogP contribution is 2.33. The van der Waals surface area contributed by atoms with E-state index in [4.69, 9.17) is 4.52 Å². The molecule has 0 aliphatic carbocycles. The number of rotatable bonds is 5. The van der Waals surface area contributed by atoms with Gasteiger partial charge in [0.15, 0.2) is 12.1 Å². The second-order valence-corrected chi connectivity index (χ2v) is 8.88. The molecule has 1 saturated heterocycles. The Balaban J connectivity index is 1.34. The maximum absolute atomic E-state index is 13.1. The minimum absolute atomic E-state index is 0.0767. The van der Waals surface area contributed by atoms with Crippen molar-refractivity contribution in [2.45, 2.75) is 38.4 Å². The maximum atomic E-state index is 13.1. The van der Waals surface area contributed by atoms with Crippen LogP contribution >= 0.6 is 15.9 Å². The fourth-order valence-electron chi connectivity index (χ4n) is 3.79. The van der Waals surface area contributed by atoms with Gasteiger partial charge in [0.05, 0.1) is 5.69 Å². The van der Waals surface area contributed by atoms with E-state index in [2.05, 4.69) is 50.3 Å². The molecule has 2 atom stereocenters.